The molecule has 0 radical (unpaired) electrons. The summed E-state index contributed by atoms with van der Waals surface area (Å²) in [6.07, 6.45) is 3.72. The Kier molecular flexibility index (Phi) is 7.62. The third-order valence-corrected chi connectivity index (χ3v) is 7.47. The van der Waals surface area contributed by atoms with Gasteiger partial charge >= 0.3 is 0 Å². The molecule has 0 unspecified atom stereocenters. The topological polar surface area (TPSA) is 110 Å². The highest BCUT2D eigenvalue weighted by Gasteiger charge is 2.39. The van der Waals surface area contributed by atoms with E-state index in [1.54, 1.807) is 14.2 Å². The van der Waals surface area contributed by atoms with Gasteiger partial charge in [-0.15, -0.1) is 0 Å². The predicted octanol–water partition coefficient (Wildman–Crippen LogP) is 4.88. The molecule has 1 heterocycles. The number of aliphatic imine (C=N–C) groups is 2. The molecule has 3 N–H and O–H groups in total. The second-order valence-corrected chi connectivity index (χ2v) is 10.7. The zero-order valence-electron chi connectivity index (χ0n) is 22.3. The molecule has 0 atom stereocenters. The van der Waals surface area contributed by atoms with Crippen LogP contribution in [0.15, 0.2) is 39.5 Å². The number of nitrogens with zero attached hydrogens (tertiary/aromatic N) is 5. The van der Waals surface area contributed by atoms with E-state index in [1.165, 1.54) is 0 Å². The largest absolute Gasteiger partial charge is 0.494 e. The number of aromatic nitrogens is 2. The summed E-state index contributed by atoms with van der Waals surface area (Å²) in [5.41, 5.74) is 13.6. The van der Waals surface area contributed by atoms with E-state index in [9.17, 15) is 0 Å². The van der Waals surface area contributed by atoms with Gasteiger partial charge in [0.1, 0.15) is 17.3 Å². The van der Waals surface area contributed by atoms with Gasteiger partial charge in [0.05, 0.1) is 24.2 Å². The zero-order valence-corrected chi connectivity index (χ0v) is 22.3. The van der Waals surface area contributed by atoms with Crippen LogP contribution in [0.25, 0.3) is 0 Å². The summed E-state index contributed by atoms with van der Waals surface area (Å²) in [5.74, 6) is 2.07. The van der Waals surface area contributed by atoms with Gasteiger partial charge < -0.3 is 15.9 Å². The maximum atomic E-state index is 6.38. The lowest BCUT2D eigenvalue weighted by Crippen LogP contribution is -2.36. The molecule has 0 amide bonds. The molecule has 1 fully saturated rings. The molecule has 1 aromatic heterocycles. The predicted molar refractivity (Wildman–Crippen MR) is 144 cm³/mol. The van der Waals surface area contributed by atoms with Crippen LogP contribution in [0, 0.1) is 18.3 Å². The Labute approximate surface area is 209 Å². The second-order valence-electron chi connectivity index (χ2n) is 10.7. The Morgan fingerprint density at radius 3 is 2.43 bits per heavy atom. The first-order valence-electron chi connectivity index (χ1n) is 12.0. The quantitative estimate of drug-likeness (QED) is 0.335. The molecule has 8 heteroatoms. The van der Waals surface area contributed by atoms with E-state index in [0.717, 1.165) is 29.9 Å². The van der Waals surface area contributed by atoms with Crippen LogP contribution in [0.2, 0.25) is 0 Å². The second kappa shape index (κ2) is 10.1. The van der Waals surface area contributed by atoms with Crippen LogP contribution in [0.5, 0.6) is 5.75 Å². The van der Waals surface area contributed by atoms with Crippen LogP contribution in [0.4, 0.5) is 5.69 Å². The van der Waals surface area contributed by atoms with Gasteiger partial charge in [-0.05, 0) is 44.0 Å². The highest BCUT2D eigenvalue weighted by molar-refractivity contribution is 6.09. The molecule has 1 saturated carbocycles. The summed E-state index contributed by atoms with van der Waals surface area (Å²) in [6.45, 7) is 16.9. The summed E-state index contributed by atoms with van der Waals surface area (Å²) < 4.78 is 5.38. The number of para-hydroxylation sites is 1. The third kappa shape index (κ3) is 5.21. The van der Waals surface area contributed by atoms with Gasteiger partial charge in [-0.2, -0.15) is 5.10 Å². The summed E-state index contributed by atoms with van der Waals surface area (Å²) in [6, 6.07) is 5.52. The smallest absolute Gasteiger partial charge is 0.153 e. The van der Waals surface area contributed by atoms with Crippen LogP contribution >= 0.6 is 0 Å². The first-order valence-corrected chi connectivity index (χ1v) is 12.0. The van der Waals surface area contributed by atoms with Crippen molar-refractivity contribution in [2.45, 2.75) is 65.7 Å². The number of aryl methyl sites for hydroxylation is 1. The summed E-state index contributed by atoms with van der Waals surface area (Å²) >= 11 is 0. The summed E-state index contributed by atoms with van der Waals surface area (Å²) in [4.78, 5) is 18.6. The monoisotopic (exact) mass is 477 g/mol. The fourth-order valence-electron chi connectivity index (χ4n) is 4.30. The van der Waals surface area contributed by atoms with E-state index in [2.05, 4.69) is 68.8 Å². The first-order chi connectivity index (χ1) is 16.4. The van der Waals surface area contributed by atoms with Gasteiger partial charge in [0.15, 0.2) is 5.84 Å². The molecule has 35 heavy (non-hydrogen) atoms. The number of nitrogens with one attached hydrogen (secondary N) is 1. The standard InChI is InChI=1S/C27H39N7O/c1-16-23(27(5,6)26(2,3)4)31-15-20(32-16)17-13-18(14-17)25(34-30-8)33-24(28)19-11-10-12-21(35-9)22(19)29-7/h10-12,15,17-18,30H,7,13-14H2,1-6,8-9H3,(H2,28,33,34). The van der Waals surface area contributed by atoms with Crippen molar-refractivity contribution in [3.05, 3.63) is 47.0 Å². The Morgan fingerprint density at radius 1 is 1.20 bits per heavy atom. The molecule has 0 spiro atoms. The highest BCUT2D eigenvalue weighted by Crippen LogP contribution is 2.44. The maximum absolute atomic E-state index is 6.38. The van der Waals surface area contributed by atoms with Crippen LogP contribution in [0.1, 0.15) is 76.0 Å². The van der Waals surface area contributed by atoms with E-state index in [1.807, 2.05) is 24.4 Å². The van der Waals surface area contributed by atoms with Crippen molar-refractivity contribution in [3.63, 3.8) is 0 Å². The van der Waals surface area contributed by atoms with Crippen molar-refractivity contribution in [1.82, 2.24) is 15.4 Å². The van der Waals surface area contributed by atoms with Gasteiger partial charge in [-0.25, -0.2) is 4.99 Å². The molecule has 2 aromatic rings. The number of methoxy groups -OCH3 is 1. The summed E-state index contributed by atoms with van der Waals surface area (Å²) in [5, 5.41) is 4.41. The Morgan fingerprint density at radius 2 is 1.89 bits per heavy atom. The van der Waals surface area contributed by atoms with Crippen LogP contribution in [0.3, 0.4) is 0 Å². The van der Waals surface area contributed by atoms with Crippen molar-refractivity contribution >= 4 is 24.1 Å². The van der Waals surface area contributed by atoms with Crippen molar-refractivity contribution in [2.24, 2.45) is 32.2 Å². The van der Waals surface area contributed by atoms with Crippen LogP contribution < -0.4 is 15.9 Å². The average molecular weight is 478 g/mol. The molecule has 3 rings (SSSR count). The SMILES string of the molecule is C=Nc1c(OC)cccc1C(N)=N/C(=N\NC)C1CC(c2cnc(C(C)(C)C(C)(C)C)c(C)n2)C1. The molecule has 1 aromatic carbocycles. The van der Waals surface area contributed by atoms with Crippen molar-refractivity contribution in [1.29, 1.82) is 0 Å². The molecular weight excluding hydrogens is 438 g/mol. The molecule has 0 saturated heterocycles. The molecule has 8 nitrogen and oxygen atoms in total. The van der Waals surface area contributed by atoms with E-state index < -0.39 is 0 Å². The van der Waals surface area contributed by atoms with Gasteiger partial charge in [0.25, 0.3) is 0 Å². The lowest BCUT2D eigenvalue weighted by molar-refractivity contribution is 0.217. The lowest BCUT2D eigenvalue weighted by atomic mass is 9.66. The molecular formula is C27H39N7O. The third-order valence-electron chi connectivity index (χ3n) is 7.47. The minimum Gasteiger partial charge on any atom is -0.494 e. The number of nitrogens with two attached hydrogens (primary N) is 1. The number of rotatable bonds is 7. The van der Waals surface area contributed by atoms with E-state index in [4.69, 9.17) is 20.4 Å². The van der Waals surface area contributed by atoms with Crippen LogP contribution in [-0.2, 0) is 5.41 Å². The van der Waals surface area contributed by atoms with Gasteiger partial charge in [-0.1, -0.05) is 40.7 Å². The van der Waals surface area contributed by atoms with E-state index >= 15 is 0 Å². The van der Waals surface area contributed by atoms with Crippen molar-refractivity contribution in [3.8, 4) is 5.75 Å². The molecule has 1 aliphatic carbocycles. The molecule has 188 valence electrons. The molecule has 0 aliphatic heterocycles. The van der Waals surface area contributed by atoms with Gasteiger partial charge in [0.2, 0.25) is 0 Å². The number of benzene rings is 1. The summed E-state index contributed by atoms with van der Waals surface area (Å²) in [7, 11) is 3.35. The van der Waals surface area contributed by atoms with Gasteiger partial charge in [-0.3, -0.25) is 15.0 Å². The Balaban J connectivity index is 1.79. The van der Waals surface area contributed by atoms with E-state index in [-0.39, 0.29) is 16.7 Å². The zero-order chi connectivity index (χ0) is 26.0. The maximum Gasteiger partial charge on any atom is 0.153 e. The van der Waals surface area contributed by atoms with Gasteiger partial charge in [0, 0.05) is 36.1 Å². The Bertz CT molecular complexity index is 1140. The lowest BCUT2D eigenvalue weighted by Gasteiger charge is -2.39. The fraction of sp³-hybridized carbons (Fsp3) is 0.519. The number of hydrogen-bond donors (Lipinski definition) is 2. The average Bonchev–Trinajstić information content (AvgIpc) is 2.76. The molecule has 1 aliphatic rings. The molecule has 0 bridgehead atoms. The number of amidine groups is 2. The van der Waals surface area contributed by atoms with E-state index in [0.29, 0.717) is 34.6 Å². The number of hydrogen-bond acceptors (Lipinski definition) is 6. The highest BCUT2D eigenvalue weighted by atomic mass is 16.5. The first kappa shape index (κ1) is 26.3. The van der Waals surface area contributed by atoms with Crippen molar-refractivity contribution < 1.29 is 4.74 Å². The minimum atomic E-state index is -0.0805. The van der Waals surface area contributed by atoms with Crippen molar-refractivity contribution in [2.75, 3.05) is 14.2 Å². The normalized spacial score (nSPS) is 19.2. The Hall–Kier alpha value is -3.29. The number of ether oxygens (including phenoxy) is 1. The number of hydrazone groups is 1. The minimum absolute atomic E-state index is 0.0791. The fourth-order valence-corrected chi connectivity index (χ4v) is 4.30. The van der Waals surface area contributed by atoms with Crippen LogP contribution in [-0.4, -0.2) is 42.5 Å².